The summed E-state index contributed by atoms with van der Waals surface area (Å²) in [4.78, 5) is 59.4. The summed E-state index contributed by atoms with van der Waals surface area (Å²) in [7, 11) is 6.17. The number of aromatic hydroxyl groups is 1. The quantitative estimate of drug-likeness (QED) is 0.580. The second-order valence-electron chi connectivity index (χ2n) is 8.33. The summed E-state index contributed by atoms with van der Waals surface area (Å²) < 4.78 is 1.24. The van der Waals surface area contributed by atoms with Crippen LogP contribution in [-0.2, 0) is 22.7 Å². The number of halogens is 1. The van der Waals surface area contributed by atoms with Crippen LogP contribution in [0.1, 0.15) is 27.9 Å². The van der Waals surface area contributed by atoms with Gasteiger partial charge in [-0.05, 0) is 24.7 Å². The maximum Gasteiger partial charge on any atom is 0.312 e. The van der Waals surface area contributed by atoms with Gasteiger partial charge in [0, 0.05) is 52.3 Å². The highest BCUT2D eigenvalue weighted by Crippen LogP contribution is 2.24. The Labute approximate surface area is 201 Å². The third-order valence-corrected chi connectivity index (χ3v) is 5.83. The summed E-state index contributed by atoms with van der Waals surface area (Å²) >= 11 is 5.97. The zero-order chi connectivity index (χ0) is 25.2. The summed E-state index contributed by atoms with van der Waals surface area (Å²) in [6.45, 7) is 0.995. The highest BCUT2D eigenvalue weighted by atomic mass is 35.5. The number of benzene rings is 1. The molecule has 0 spiro atoms. The topological polar surface area (TPSA) is 128 Å². The van der Waals surface area contributed by atoms with E-state index in [1.165, 1.54) is 30.6 Å². The monoisotopic (exact) mass is 490 g/mol. The molecule has 1 atom stereocenters. The SMILES string of the molecule is CN1CCn2c(nc(C(=O)NCc3cccc(Cl)c3)c(O)c2=O)C(N(C)C(=O)C(=O)N(C)C)C1. The van der Waals surface area contributed by atoms with Crippen molar-refractivity contribution in [3.63, 3.8) is 0 Å². The first-order valence-corrected chi connectivity index (χ1v) is 10.9. The smallest absolute Gasteiger partial charge is 0.312 e. The molecule has 2 N–H and O–H groups in total. The Morgan fingerprint density at radius 1 is 1.21 bits per heavy atom. The van der Waals surface area contributed by atoms with Gasteiger partial charge in [0.2, 0.25) is 5.75 Å². The normalized spacial score (nSPS) is 15.7. The second-order valence-corrected chi connectivity index (χ2v) is 8.77. The number of nitrogens with one attached hydrogen (secondary N) is 1. The van der Waals surface area contributed by atoms with Crippen molar-refractivity contribution in [3.8, 4) is 5.75 Å². The van der Waals surface area contributed by atoms with E-state index < -0.39 is 40.8 Å². The number of rotatable bonds is 4. The summed E-state index contributed by atoms with van der Waals surface area (Å²) in [5, 5.41) is 13.6. The molecule has 1 aliphatic heterocycles. The minimum Gasteiger partial charge on any atom is -0.501 e. The molecule has 2 aromatic rings. The molecule has 1 aromatic heterocycles. The lowest BCUT2D eigenvalue weighted by molar-refractivity contribution is -0.151. The van der Waals surface area contributed by atoms with E-state index in [-0.39, 0.29) is 25.5 Å². The summed E-state index contributed by atoms with van der Waals surface area (Å²) in [5.74, 6) is -2.95. The Kier molecular flexibility index (Phi) is 7.57. The van der Waals surface area contributed by atoms with Gasteiger partial charge in [0.05, 0.1) is 0 Å². The second kappa shape index (κ2) is 10.2. The van der Waals surface area contributed by atoms with Gasteiger partial charge < -0.3 is 25.1 Å². The molecular formula is C22H27ClN6O5. The minimum absolute atomic E-state index is 0.0980. The van der Waals surface area contributed by atoms with Gasteiger partial charge in [0.25, 0.3) is 11.5 Å². The molecule has 0 fully saturated rings. The fourth-order valence-electron chi connectivity index (χ4n) is 3.62. The van der Waals surface area contributed by atoms with Crippen molar-refractivity contribution >= 4 is 29.3 Å². The van der Waals surface area contributed by atoms with Crippen molar-refractivity contribution < 1.29 is 19.5 Å². The average Bonchev–Trinajstić information content (AvgIpc) is 2.97. The highest BCUT2D eigenvalue weighted by Gasteiger charge is 2.35. The van der Waals surface area contributed by atoms with Gasteiger partial charge >= 0.3 is 11.8 Å². The van der Waals surface area contributed by atoms with Crippen LogP contribution in [0.25, 0.3) is 0 Å². The Hall–Kier alpha value is -3.44. The number of aromatic nitrogens is 2. The Balaban J connectivity index is 1.99. The molecule has 34 heavy (non-hydrogen) atoms. The number of carbonyl (C=O) groups excluding carboxylic acids is 3. The largest absolute Gasteiger partial charge is 0.501 e. The maximum atomic E-state index is 13.0. The first-order valence-electron chi connectivity index (χ1n) is 10.5. The van der Waals surface area contributed by atoms with E-state index in [0.717, 1.165) is 10.5 Å². The zero-order valence-electron chi connectivity index (χ0n) is 19.4. The predicted molar refractivity (Wildman–Crippen MR) is 124 cm³/mol. The molecule has 2 heterocycles. The van der Waals surface area contributed by atoms with Crippen molar-refractivity contribution in [1.29, 1.82) is 0 Å². The van der Waals surface area contributed by atoms with Crippen LogP contribution in [0.5, 0.6) is 5.75 Å². The van der Waals surface area contributed by atoms with E-state index in [1.54, 1.807) is 31.3 Å². The first-order chi connectivity index (χ1) is 16.0. The lowest BCUT2D eigenvalue weighted by atomic mass is 10.2. The van der Waals surface area contributed by atoms with Gasteiger partial charge in [0.1, 0.15) is 11.9 Å². The Bertz CT molecular complexity index is 1180. The molecule has 11 nitrogen and oxygen atoms in total. The minimum atomic E-state index is -0.809. The van der Waals surface area contributed by atoms with Crippen LogP contribution in [0.4, 0.5) is 0 Å². The van der Waals surface area contributed by atoms with E-state index in [0.29, 0.717) is 11.6 Å². The van der Waals surface area contributed by atoms with Gasteiger partial charge in [-0.25, -0.2) is 4.98 Å². The maximum absolute atomic E-state index is 13.0. The van der Waals surface area contributed by atoms with Crippen LogP contribution in [0.2, 0.25) is 5.02 Å². The molecule has 0 saturated heterocycles. The van der Waals surface area contributed by atoms with Crippen molar-refractivity contribution in [2.75, 3.05) is 41.3 Å². The molecule has 0 bridgehead atoms. The van der Waals surface area contributed by atoms with Crippen LogP contribution in [0.15, 0.2) is 29.1 Å². The van der Waals surface area contributed by atoms with E-state index in [2.05, 4.69) is 10.3 Å². The van der Waals surface area contributed by atoms with E-state index in [4.69, 9.17) is 11.6 Å². The average molecular weight is 491 g/mol. The van der Waals surface area contributed by atoms with Crippen molar-refractivity contribution in [3.05, 3.63) is 56.7 Å². The number of nitrogens with zero attached hydrogens (tertiary/aromatic N) is 5. The molecule has 3 rings (SSSR count). The molecule has 182 valence electrons. The van der Waals surface area contributed by atoms with Crippen LogP contribution >= 0.6 is 11.6 Å². The summed E-state index contributed by atoms with van der Waals surface area (Å²) in [6.07, 6.45) is 0. The summed E-state index contributed by atoms with van der Waals surface area (Å²) in [6, 6.07) is 6.06. The van der Waals surface area contributed by atoms with E-state index in [1.807, 2.05) is 4.90 Å². The number of fused-ring (bicyclic) bond motifs is 1. The van der Waals surface area contributed by atoms with Gasteiger partial charge in [-0.15, -0.1) is 0 Å². The van der Waals surface area contributed by atoms with Gasteiger partial charge in [-0.2, -0.15) is 0 Å². The number of hydrogen-bond acceptors (Lipinski definition) is 7. The van der Waals surface area contributed by atoms with Crippen LogP contribution in [0.3, 0.4) is 0 Å². The lowest BCUT2D eigenvalue weighted by Crippen LogP contribution is -2.45. The molecule has 0 aliphatic carbocycles. The molecule has 12 heteroatoms. The molecule has 0 saturated carbocycles. The predicted octanol–water partition coefficient (Wildman–Crippen LogP) is 0.0654. The molecule has 0 radical (unpaired) electrons. The molecular weight excluding hydrogens is 464 g/mol. The zero-order valence-corrected chi connectivity index (χ0v) is 20.2. The van der Waals surface area contributed by atoms with Crippen LogP contribution < -0.4 is 10.9 Å². The number of hydrogen-bond donors (Lipinski definition) is 2. The van der Waals surface area contributed by atoms with Gasteiger partial charge in [-0.1, -0.05) is 23.7 Å². The van der Waals surface area contributed by atoms with Crippen LogP contribution in [-0.4, -0.2) is 88.4 Å². The van der Waals surface area contributed by atoms with E-state index in [9.17, 15) is 24.3 Å². The molecule has 1 unspecified atom stereocenters. The van der Waals surface area contributed by atoms with Crippen molar-refractivity contribution in [2.45, 2.75) is 19.1 Å². The number of amides is 3. The number of carbonyl (C=O) groups is 3. The fourth-order valence-corrected chi connectivity index (χ4v) is 3.83. The highest BCUT2D eigenvalue weighted by molar-refractivity contribution is 6.34. The molecule has 1 aliphatic rings. The van der Waals surface area contributed by atoms with Crippen molar-refractivity contribution in [2.24, 2.45) is 0 Å². The first kappa shape index (κ1) is 25.2. The third kappa shape index (κ3) is 5.20. The standard InChI is InChI=1S/C22H27ClN6O5/c1-26(2)21(33)22(34)28(4)15-12-27(3)8-9-29-18(15)25-16(17(30)20(29)32)19(31)24-11-13-6-5-7-14(23)10-13/h5-7,10,15,30H,8-9,11-12H2,1-4H3,(H,24,31). The number of likely N-dealkylation sites (N-methyl/N-ethyl adjacent to an activating group) is 3. The van der Waals surface area contributed by atoms with Crippen molar-refractivity contribution in [1.82, 2.24) is 29.6 Å². The van der Waals surface area contributed by atoms with E-state index >= 15 is 0 Å². The fraction of sp³-hybridized carbons (Fsp3) is 0.409. The third-order valence-electron chi connectivity index (χ3n) is 5.60. The lowest BCUT2D eigenvalue weighted by Gasteiger charge is -2.30. The van der Waals surface area contributed by atoms with Gasteiger partial charge in [-0.3, -0.25) is 23.7 Å². The van der Waals surface area contributed by atoms with Gasteiger partial charge in [0.15, 0.2) is 5.69 Å². The summed E-state index contributed by atoms with van der Waals surface area (Å²) in [5.41, 5.74) is -0.524. The molecule has 1 aromatic carbocycles. The van der Waals surface area contributed by atoms with Crippen LogP contribution in [0, 0.1) is 0 Å². The Morgan fingerprint density at radius 2 is 1.91 bits per heavy atom. The molecule has 3 amide bonds. The Morgan fingerprint density at radius 3 is 2.56 bits per heavy atom.